The van der Waals surface area contributed by atoms with Gasteiger partial charge in [-0.3, -0.25) is 4.79 Å². The predicted octanol–water partition coefficient (Wildman–Crippen LogP) is 3.94. The summed E-state index contributed by atoms with van der Waals surface area (Å²) in [5, 5.41) is 18.0. The van der Waals surface area contributed by atoms with Crippen LogP contribution in [0.3, 0.4) is 0 Å². The van der Waals surface area contributed by atoms with E-state index < -0.39 is 17.5 Å². The van der Waals surface area contributed by atoms with Gasteiger partial charge in [0, 0.05) is 29.3 Å². The van der Waals surface area contributed by atoms with Crippen LogP contribution in [0.5, 0.6) is 0 Å². The first-order valence-corrected chi connectivity index (χ1v) is 8.56. The van der Waals surface area contributed by atoms with Crippen LogP contribution in [-0.2, 0) is 0 Å². The fraction of sp³-hybridized carbons (Fsp3) is 0. The second-order valence-electron chi connectivity index (χ2n) is 6.01. The number of anilines is 3. The van der Waals surface area contributed by atoms with Crippen molar-refractivity contribution in [2.75, 3.05) is 10.6 Å². The SMILES string of the molecule is O=C(Nc1ccc(Nc2ccc(-n3cccn3)nn2)cc1)c1ccc(F)c(F)c1. The number of carbonyl (C=O) groups excluding carboxylic acids is 1. The van der Waals surface area contributed by atoms with E-state index in [1.807, 2.05) is 0 Å². The van der Waals surface area contributed by atoms with Crippen LogP contribution in [0.4, 0.5) is 26.0 Å². The lowest BCUT2D eigenvalue weighted by molar-refractivity contribution is 0.102. The first kappa shape index (κ1) is 18.2. The molecule has 29 heavy (non-hydrogen) atoms. The fourth-order valence-corrected chi connectivity index (χ4v) is 2.54. The fourth-order valence-electron chi connectivity index (χ4n) is 2.54. The van der Waals surface area contributed by atoms with E-state index in [0.717, 1.165) is 17.8 Å². The van der Waals surface area contributed by atoms with Crippen molar-refractivity contribution in [2.45, 2.75) is 0 Å². The number of carbonyl (C=O) groups is 1. The number of nitrogens with one attached hydrogen (secondary N) is 2. The average Bonchev–Trinajstić information content (AvgIpc) is 3.27. The van der Waals surface area contributed by atoms with Crippen molar-refractivity contribution in [2.24, 2.45) is 0 Å². The Morgan fingerprint density at radius 2 is 1.69 bits per heavy atom. The Morgan fingerprint density at radius 1 is 0.897 bits per heavy atom. The highest BCUT2D eigenvalue weighted by atomic mass is 19.2. The first-order valence-electron chi connectivity index (χ1n) is 8.56. The van der Waals surface area contributed by atoms with Gasteiger partial charge in [-0.05, 0) is 60.7 Å². The van der Waals surface area contributed by atoms with Gasteiger partial charge in [-0.1, -0.05) is 0 Å². The summed E-state index contributed by atoms with van der Waals surface area (Å²) in [4.78, 5) is 12.1. The summed E-state index contributed by atoms with van der Waals surface area (Å²) in [5.74, 6) is -1.48. The molecule has 0 unspecified atom stereocenters. The lowest BCUT2D eigenvalue weighted by Gasteiger charge is -2.08. The number of benzene rings is 2. The van der Waals surface area contributed by atoms with E-state index in [4.69, 9.17) is 0 Å². The van der Waals surface area contributed by atoms with Gasteiger partial charge in [0.25, 0.3) is 5.91 Å². The summed E-state index contributed by atoms with van der Waals surface area (Å²) in [5.41, 5.74) is 1.26. The van der Waals surface area contributed by atoms with E-state index in [2.05, 4.69) is 25.9 Å². The molecule has 0 aliphatic rings. The largest absolute Gasteiger partial charge is 0.339 e. The second kappa shape index (κ2) is 7.85. The molecule has 2 heterocycles. The van der Waals surface area contributed by atoms with Crippen molar-refractivity contribution >= 4 is 23.1 Å². The van der Waals surface area contributed by atoms with Crippen molar-refractivity contribution < 1.29 is 13.6 Å². The maximum atomic E-state index is 13.3. The molecule has 2 aromatic heterocycles. The van der Waals surface area contributed by atoms with Crippen LogP contribution in [0, 0.1) is 11.6 Å². The molecular formula is C20H14F2N6O. The number of rotatable bonds is 5. The van der Waals surface area contributed by atoms with Gasteiger partial charge >= 0.3 is 0 Å². The van der Waals surface area contributed by atoms with E-state index in [-0.39, 0.29) is 5.56 Å². The molecule has 2 aromatic carbocycles. The Labute approximate surface area is 164 Å². The summed E-state index contributed by atoms with van der Waals surface area (Å²) in [7, 11) is 0. The zero-order valence-electron chi connectivity index (χ0n) is 14.9. The Morgan fingerprint density at radius 3 is 2.34 bits per heavy atom. The zero-order valence-corrected chi connectivity index (χ0v) is 14.9. The molecule has 7 nitrogen and oxygen atoms in total. The number of hydrogen-bond donors (Lipinski definition) is 2. The minimum absolute atomic E-state index is 0.0265. The van der Waals surface area contributed by atoms with Crippen LogP contribution < -0.4 is 10.6 Å². The average molecular weight is 392 g/mol. The molecule has 2 N–H and O–H groups in total. The van der Waals surface area contributed by atoms with Crippen LogP contribution in [0.15, 0.2) is 73.1 Å². The zero-order chi connectivity index (χ0) is 20.2. The third-order valence-electron chi connectivity index (χ3n) is 3.99. The molecule has 0 aliphatic heterocycles. The molecule has 0 saturated heterocycles. The molecule has 0 atom stereocenters. The van der Waals surface area contributed by atoms with Crippen molar-refractivity contribution in [3.63, 3.8) is 0 Å². The summed E-state index contributed by atoms with van der Waals surface area (Å²) >= 11 is 0. The molecule has 144 valence electrons. The van der Waals surface area contributed by atoms with Crippen molar-refractivity contribution in [1.82, 2.24) is 20.0 Å². The standard InChI is InChI=1S/C20H14F2N6O/c21-16-7-2-13(12-17(16)22)20(29)25-15-5-3-14(4-6-15)24-18-8-9-19(27-26-18)28-11-1-10-23-28/h1-12H,(H,24,26)(H,25,29). The molecule has 0 radical (unpaired) electrons. The van der Waals surface area contributed by atoms with E-state index in [9.17, 15) is 13.6 Å². The molecule has 9 heteroatoms. The van der Waals surface area contributed by atoms with Gasteiger partial charge in [0.05, 0.1) is 0 Å². The quantitative estimate of drug-likeness (QED) is 0.538. The number of halogens is 2. The van der Waals surface area contributed by atoms with Crippen LogP contribution in [-0.4, -0.2) is 25.9 Å². The van der Waals surface area contributed by atoms with Gasteiger partial charge in [0.15, 0.2) is 23.3 Å². The molecular weight excluding hydrogens is 378 g/mol. The van der Waals surface area contributed by atoms with Crippen LogP contribution >= 0.6 is 0 Å². The van der Waals surface area contributed by atoms with Crippen molar-refractivity contribution in [3.8, 4) is 5.82 Å². The van der Waals surface area contributed by atoms with Crippen LogP contribution in [0.2, 0.25) is 0 Å². The van der Waals surface area contributed by atoms with Gasteiger partial charge in [-0.25, -0.2) is 13.5 Å². The highest BCUT2D eigenvalue weighted by molar-refractivity contribution is 6.04. The monoisotopic (exact) mass is 392 g/mol. The summed E-state index contributed by atoms with van der Waals surface area (Å²) in [6, 6.07) is 15.1. The third kappa shape index (κ3) is 4.24. The smallest absolute Gasteiger partial charge is 0.255 e. The summed E-state index contributed by atoms with van der Waals surface area (Å²) in [6.45, 7) is 0. The molecule has 4 rings (SSSR count). The summed E-state index contributed by atoms with van der Waals surface area (Å²) < 4.78 is 27.8. The van der Waals surface area contributed by atoms with Crippen molar-refractivity contribution in [1.29, 1.82) is 0 Å². The van der Waals surface area contributed by atoms with Gasteiger partial charge < -0.3 is 10.6 Å². The lowest BCUT2D eigenvalue weighted by Crippen LogP contribution is -2.12. The normalized spacial score (nSPS) is 10.6. The number of nitrogens with zero attached hydrogens (tertiary/aromatic N) is 4. The summed E-state index contributed by atoms with van der Waals surface area (Å²) in [6.07, 6.45) is 3.42. The van der Waals surface area contributed by atoms with E-state index >= 15 is 0 Å². The van der Waals surface area contributed by atoms with Gasteiger partial charge in [-0.15, -0.1) is 10.2 Å². The van der Waals surface area contributed by atoms with Gasteiger partial charge in [0.1, 0.15) is 0 Å². The molecule has 0 spiro atoms. The van der Waals surface area contributed by atoms with Crippen LogP contribution in [0.25, 0.3) is 5.82 Å². The predicted molar refractivity (Wildman–Crippen MR) is 103 cm³/mol. The molecule has 4 aromatic rings. The van der Waals surface area contributed by atoms with E-state index in [0.29, 0.717) is 17.3 Å². The molecule has 0 saturated carbocycles. The van der Waals surface area contributed by atoms with Crippen molar-refractivity contribution in [3.05, 3.63) is 90.3 Å². The van der Waals surface area contributed by atoms with E-state index in [1.54, 1.807) is 59.5 Å². The Hall–Kier alpha value is -4.14. The molecule has 1 amide bonds. The number of amides is 1. The van der Waals surface area contributed by atoms with Gasteiger partial charge in [-0.2, -0.15) is 5.10 Å². The Bertz CT molecular complexity index is 1130. The maximum absolute atomic E-state index is 13.3. The second-order valence-corrected chi connectivity index (χ2v) is 6.01. The molecule has 0 fully saturated rings. The topological polar surface area (TPSA) is 84.7 Å². The Balaban J connectivity index is 1.40. The Kier molecular flexibility index (Phi) is 4.93. The van der Waals surface area contributed by atoms with Crippen LogP contribution in [0.1, 0.15) is 10.4 Å². The minimum Gasteiger partial charge on any atom is -0.339 e. The molecule has 0 bridgehead atoms. The highest BCUT2D eigenvalue weighted by Gasteiger charge is 2.10. The number of aromatic nitrogens is 4. The molecule has 0 aliphatic carbocycles. The number of hydrogen-bond acceptors (Lipinski definition) is 5. The maximum Gasteiger partial charge on any atom is 0.255 e. The van der Waals surface area contributed by atoms with E-state index in [1.165, 1.54) is 6.07 Å². The first-order chi connectivity index (χ1) is 14.1. The highest BCUT2D eigenvalue weighted by Crippen LogP contribution is 2.19. The lowest BCUT2D eigenvalue weighted by atomic mass is 10.2. The third-order valence-corrected chi connectivity index (χ3v) is 3.99. The minimum atomic E-state index is -1.07. The van der Waals surface area contributed by atoms with Gasteiger partial charge in [0.2, 0.25) is 0 Å².